The smallest absolute Gasteiger partial charge is 0.250 e. The van der Waals surface area contributed by atoms with Gasteiger partial charge in [0.1, 0.15) is 0 Å². The number of hydrogen-bond acceptors (Lipinski definition) is 4. The van der Waals surface area contributed by atoms with Gasteiger partial charge in [-0.05, 0) is 17.7 Å². The SMILES string of the molecule is CNc1c(C(N)=O)cccc1S(=O)(=O)Cc1ccccc1. The minimum Gasteiger partial charge on any atom is -0.386 e. The van der Waals surface area contributed by atoms with Crippen LogP contribution in [0, 0.1) is 0 Å². The standard InChI is InChI=1S/C15H16N2O3S/c1-17-14-12(15(16)18)8-5-9-13(14)21(19,20)10-11-6-3-2-4-7-11/h2-9,17H,10H2,1H3,(H2,16,18). The second-order valence-electron chi connectivity index (χ2n) is 4.54. The number of rotatable bonds is 5. The number of carbonyl (C=O) groups is 1. The maximum atomic E-state index is 12.6. The summed E-state index contributed by atoms with van der Waals surface area (Å²) in [5.41, 5.74) is 6.36. The third-order valence-corrected chi connectivity index (χ3v) is 4.80. The van der Waals surface area contributed by atoms with Crippen molar-refractivity contribution in [3.63, 3.8) is 0 Å². The molecule has 0 saturated carbocycles. The zero-order valence-corrected chi connectivity index (χ0v) is 12.4. The summed E-state index contributed by atoms with van der Waals surface area (Å²) in [7, 11) is -2.02. The highest BCUT2D eigenvalue weighted by Gasteiger charge is 2.22. The molecule has 2 aromatic carbocycles. The average molecular weight is 304 g/mol. The molecule has 0 atom stereocenters. The number of para-hydroxylation sites is 1. The van der Waals surface area contributed by atoms with E-state index in [0.29, 0.717) is 5.56 Å². The Bertz CT molecular complexity index is 756. The van der Waals surface area contributed by atoms with Gasteiger partial charge in [-0.25, -0.2) is 8.42 Å². The van der Waals surface area contributed by atoms with Crippen molar-refractivity contribution in [2.75, 3.05) is 12.4 Å². The molecule has 0 bridgehead atoms. The number of nitrogens with one attached hydrogen (secondary N) is 1. The van der Waals surface area contributed by atoms with E-state index >= 15 is 0 Å². The first-order valence-electron chi connectivity index (χ1n) is 6.33. The summed E-state index contributed by atoms with van der Waals surface area (Å²) in [6.45, 7) is 0. The lowest BCUT2D eigenvalue weighted by atomic mass is 10.1. The van der Waals surface area contributed by atoms with Crippen molar-refractivity contribution >= 4 is 21.4 Å². The molecule has 2 aromatic rings. The van der Waals surface area contributed by atoms with Crippen molar-refractivity contribution in [1.29, 1.82) is 0 Å². The van der Waals surface area contributed by atoms with Gasteiger partial charge in [0.2, 0.25) is 0 Å². The highest BCUT2D eigenvalue weighted by molar-refractivity contribution is 7.90. The average Bonchev–Trinajstić information content (AvgIpc) is 2.46. The van der Waals surface area contributed by atoms with Gasteiger partial charge in [-0.15, -0.1) is 0 Å². The van der Waals surface area contributed by atoms with Gasteiger partial charge in [-0.1, -0.05) is 36.4 Å². The lowest BCUT2D eigenvalue weighted by Crippen LogP contribution is -2.16. The summed E-state index contributed by atoms with van der Waals surface area (Å²) in [4.78, 5) is 11.5. The van der Waals surface area contributed by atoms with Crippen LogP contribution in [0.15, 0.2) is 53.4 Å². The van der Waals surface area contributed by atoms with Crippen LogP contribution in [-0.4, -0.2) is 21.4 Å². The first-order chi connectivity index (χ1) is 9.95. The normalized spacial score (nSPS) is 11.1. The van der Waals surface area contributed by atoms with E-state index in [-0.39, 0.29) is 21.9 Å². The van der Waals surface area contributed by atoms with Crippen molar-refractivity contribution in [3.05, 3.63) is 59.7 Å². The molecule has 21 heavy (non-hydrogen) atoms. The lowest BCUT2D eigenvalue weighted by Gasteiger charge is -2.13. The van der Waals surface area contributed by atoms with Gasteiger partial charge < -0.3 is 11.1 Å². The Labute approximate surface area is 123 Å². The van der Waals surface area contributed by atoms with E-state index in [1.54, 1.807) is 31.3 Å². The molecule has 2 rings (SSSR count). The van der Waals surface area contributed by atoms with Crippen LogP contribution in [-0.2, 0) is 15.6 Å². The van der Waals surface area contributed by atoms with E-state index in [9.17, 15) is 13.2 Å². The van der Waals surface area contributed by atoms with Crippen LogP contribution in [0.1, 0.15) is 15.9 Å². The molecule has 0 fully saturated rings. The summed E-state index contributed by atoms with van der Waals surface area (Å²) < 4.78 is 25.1. The van der Waals surface area contributed by atoms with Gasteiger partial charge in [0.15, 0.2) is 9.84 Å². The van der Waals surface area contributed by atoms with Crippen molar-refractivity contribution in [3.8, 4) is 0 Å². The Kier molecular flexibility index (Phi) is 4.28. The third-order valence-electron chi connectivity index (χ3n) is 3.08. The molecule has 0 aliphatic rings. The van der Waals surface area contributed by atoms with Gasteiger partial charge in [0.25, 0.3) is 5.91 Å². The first-order valence-corrected chi connectivity index (χ1v) is 7.98. The van der Waals surface area contributed by atoms with E-state index < -0.39 is 15.7 Å². The molecule has 0 unspecified atom stereocenters. The minimum atomic E-state index is -3.58. The van der Waals surface area contributed by atoms with Crippen molar-refractivity contribution < 1.29 is 13.2 Å². The molecule has 0 spiro atoms. The first kappa shape index (κ1) is 15.1. The molecule has 110 valence electrons. The lowest BCUT2D eigenvalue weighted by molar-refractivity contribution is 0.100. The van der Waals surface area contributed by atoms with E-state index in [1.807, 2.05) is 6.07 Å². The van der Waals surface area contributed by atoms with Crippen LogP contribution in [0.5, 0.6) is 0 Å². The largest absolute Gasteiger partial charge is 0.386 e. The van der Waals surface area contributed by atoms with Crippen LogP contribution in [0.25, 0.3) is 0 Å². The monoisotopic (exact) mass is 304 g/mol. The number of sulfone groups is 1. The fourth-order valence-corrected chi connectivity index (χ4v) is 3.72. The number of benzene rings is 2. The summed E-state index contributed by atoms with van der Waals surface area (Å²) in [5.74, 6) is -0.804. The van der Waals surface area contributed by atoms with E-state index in [0.717, 1.165) is 0 Å². The Morgan fingerprint density at radius 3 is 2.33 bits per heavy atom. The van der Waals surface area contributed by atoms with E-state index in [4.69, 9.17) is 5.73 Å². The van der Waals surface area contributed by atoms with E-state index in [1.165, 1.54) is 18.2 Å². The number of nitrogens with two attached hydrogens (primary N) is 1. The highest BCUT2D eigenvalue weighted by atomic mass is 32.2. The zero-order chi connectivity index (χ0) is 15.5. The highest BCUT2D eigenvalue weighted by Crippen LogP contribution is 2.27. The maximum absolute atomic E-state index is 12.6. The number of amides is 1. The fourth-order valence-electron chi connectivity index (χ4n) is 2.12. The molecule has 0 saturated heterocycles. The molecular formula is C15H16N2O3S. The Morgan fingerprint density at radius 1 is 1.10 bits per heavy atom. The molecular weight excluding hydrogens is 288 g/mol. The summed E-state index contributed by atoms with van der Waals surface area (Å²) in [5, 5.41) is 2.76. The van der Waals surface area contributed by atoms with Crippen molar-refractivity contribution in [2.24, 2.45) is 5.73 Å². The van der Waals surface area contributed by atoms with E-state index in [2.05, 4.69) is 5.32 Å². The van der Waals surface area contributed by atoms with Crippen LogP contribution in [0.2, 0.25) is 0 Å². The van der Waals surface area contributed by atoms with Crippen LogP contribution in [0.4, 0.5) is 5.69 Å². The van der Waals surface area contributed by atoms with Crippen LogP contribution >= 0.6 is 0 Å². The van der Waals surface area contributed by atoms with Gasteiger partial charge in [0.05, 0.1) is 21.9 Å². The Balaban J connectivity index is 2.50. The predicted molar refractivity (Wildman–Crippen MR) is 81.8 cm³/mol. The minimum absolute atomic E-state index is 0.0742. The molecule has 1 amide bonds. The summed E-state index contributed by atoms with van der Waals surface area (Å²) in [6, 6.07) is 13.4. The Hall–Kier alpha value is -2.34. The van der Waals surface area contributed by atoms with Gasteiger partial charge >= 0.3 is 0 Å². The molecule has 0 aliphatic carbocycles. The Morgan fingerprint density at radius 2 is 1.76 bits per heavy atom. The molecule has 0 aromatic heterocycles. The molecule has 5 nitrogen and oxygen atoms in total. The number of primary amides is 1. The van der Waals surface area contributed by atoms with Gasteiger partial charge in [-0.2, -0.15) is 0 Å². The molecule has 0 heterocycles. The van der Waals surface area contributed by atoms with Crippen molar-refractivity contribution in [2.45, 2.75) is 10.6 Å². The summed E-state index contributed by atoms with van der Waals surface area (Å²) >= 11 is 0. The van der Waals surface area contributed by atoms with Gasteiger partial charge in [-0.3, -0.25) is 4.79 Å². The van der Waals surface area contributed by atoms with Crippen LogP contribution in [0.3, 0.4) is 0 Å². The molecule has 0 aliphatic heterocycles. The molecule has 0 radical (unpaired) electrons. The predicted octanol–water partition coefficient (Wildman–Crippen LogP) is 1.80. The number of hydrogen-bond donors (Lipinski definition) is 2. The van der Waals surface area contributed by atoms with Crippen molar-refractivity contribution in [1.82, 2.24) is 0 Å². The zero-order valence-electron chi connectivity index (χ0n) is 11.5. The van der Waals surface area contributed by atoms with Crippen LogP contribution < -0.4 is 11.1 Å². The second-order valence-corrected chi connectivity index (χ2v) is 6.50. The van der Waals surface area contributed by atoms with Gasteiger partial charge in [0, 0.05) is 7.05 Å². The third kappa shape index (κ3) is 3.22. The summed E-state index contributed by atoms with van der Waals surface area (Å²) in [6.07, 6.45) is 0. The maximum Gasteiger partial charge on any atom is 0.250 e. The number of carbonyl (C=O) groups excluding carboxylic acids is 1. The molecule has 3 N–H and O–H groups in total. The number of anilines is 1. The quantitative estimate of drug-likeness (QED) is 0.881. The molecule has 6 heteroatoms. The fraction of sp³-hybridized carbons (Fsp3) is 0.133. The second kappa shape index (κ2) is 5.97. The topological polar surface area (TPSA) is 89.3 Å².